The molecule has 1 aromatic rings. The minimum atomic E-state index is 0.211. The smallest absolute Gasteiger partial charge is 0.0666 e. The summed E-state index contributed by atoms with van der Waals surface area (Å²) in [5.74, 6) is 0. The lowest BCUT2D eigenvalue weighted by Crippen LogP contribution is -2.20. The number of hydrogen-bond donors (Lipinski definition) is 1. The van der Waals surface area contributed by atoms with E-state index in [-0.39, 0.29) is 6.04 Å². The second-order valence-corrected chi connectivity index (χ2v) is 3.78. The van der Waals surface area contributed by atoms with Crippen molar-refractivity contribution in [3.63, 3.8) is 0 Å². The normalized spacial score (nSPS) is 13.2. The molecule has 0 radical (unpaired) electrons. The molecule has 1 heterocycles. The Hall–Kier alpha value is -0.0900. The van der Waals surface area contributed by atoms with Gasteiger partial charge >= 0.3 is 0 Å². The fourth-order valence-corrected chi connectivity index (χ4v) is 2.30. The van der Waals surface area contributed by atoms with E-state index in [9.17, 15) is 0 Å². The molecule has 0 bridgehead atoms. The Morgan fingerprint density at radius 2 is 2.50 bits per heavy atom. The fraction of sp³-hybridized carbons (Fsp3) is 0.500. The molecule has 1 rings (SSSR count). The molecular weight excluding hydrogens is 194 g/mol. The average molecular weight is 206 g/mol. The zero-order chi connectivity index (χ0) is 8.97. The van der Waals surface area contributed by atoms with Gasteiger partial charge in [-0.3, -0.25) is 0 Å². The highest BCUT2D eigenvalue weighted by atomic mass is 35.5. The maximum Gasteiger partial charge on any atom is 0.0666 e. The van der Waals surface area contributed by atoms with Gasteiger partial charge < -0.3 is 10.1 Å². The molecule has 0 aromatic carbocycles. The van der Waals surface area contributed by atoms with Crippen LogP contribution in [0, 0.1) is 0 Å². The predicted molar refractivity (Wildman–Crippen MR) is 53.0 cm³/mol. The predicted octanol–water partition coefficient (Wildman–Crippen LogP) is 2.31. The number of halogens is 1. The molecule has 4 heteroatoms. The minimum absolute atomic E-state index is 0.211. The van der Waals surface area contributed by atoms with E-state index in [1.54, 1.807) is 18.4 Å². The van der Waals surface area contributed by atoms with E-state index >= 15 is 0 Å². The Labute approximate surface area is 81.5 Å². The van der Waals surface area contributed by atoms with Crippen LogP contribution >= 0.6 is 22.9 Å². The van der Waals surface area contributed by atoms with E-state index in [4.69, 9.17) is 16.3 Å². The van der Waals surface area contributed by atoms with Gasteiger partial charge in [0.2, 0.25) is 0 Å². The van der Waals surface area contributed by atoms with E-state index in [0.29, 0.717) is 6.61 Å². The summed E-state index contributed by atoms with van der Waals surface area (Å²) in [6.45, 7) is 0.650. The van der Waals surface area contributed by atoms with Crippen LogP contribution in [0.4, 0.5) is 0 Å². The zero-order valence-electron chi connectivity index (χ0n) is 7.13. The summed E-state index contributed by atoms with van der Waals surface area (Å²) in [7, 11) is 3.59. The van der Waals surface area contributed by atoms with Crippen LogP contribution in [0.2, 0.25) is 5.02 Å². The van der Waals surface area contributed by atoms with Gasteiger partial charge in [-0.25, -0.2) is 0 Å². The number of methoxy groups -OCH3 is 1. The third kappa shape index (κ3) is 2.20. The van der Waals surface area contributed by atoms with E-state index in [2.05, 4.69) is 5.32 Å². The molecule has 1 aromatic heterocycles. The monoisotopic (exact) mass is 205 g/mol. The number of ether oxygens (including phenoxy) is 1. The van der Waals surface area contributed by atoms with Crippen molar-refractivity contribution in [3.8, 4) is 0 Å². The van der Waals surface area contributed by atoms with Crippen molar-refractivity contribution < 1.29 is 4.74 Å². The van der Waals surface area contributed by atoms with E-state index in [1.807, 2.05) is 18.5 Å². The van der Waals surface area contributed by atoms with Crippen molar-refractivity contribution in [2.24, 2.45) is 0 Å². The number of nitrogens with one attached hydrogen (secondary N) is 1. The Balaban J connectivity index is 2.72. The molecule has 1 N–H and O–H groups in total. The first-order valence-electron chi connectivity index (χ1n) is 3.68. The summed E-state index contributed by atoms with van der Waals surface area (Å²) in [5.41, 5.74) is 0. The first-order valence-corrected chi connectivity index (χ1v) is 4.94. The Bertz CT molecular complexity index is 239. The lowest BCUT2D eigenvalue weighted by molar-refractivity contribution is 0.171. The van der Waals surface area contributed by atoms with E-state index in [0.717, 1.165) is 9.90 Å². The van der Waals surface area contributed by atoms with E-state index in [1.165, 1.54) is 0 Å². The summed E-state index contributed by atoms with van der Waals surface area (Å²) in [6, 6.07) is 2.11. The van der Waals surface area contributed by atoms with Gasteiger partial charge in [-0.1, -0.05) is 11.6 Å². The van der Waals surface area contributed by atoms with Crippen LogP contribution in [-0.2, 0) is 4.74 Å². The third-order valence-corrected chi connectivity index (χ3v) is 3.12. The van der Waals surface area contributed by atoms with Gasteiger partial charge in [0, 0.05) is 12.0 Å². The standard InChI is InChI=1S/C8H12ClNOS/c1-10-7(5-11-2)8-6(9)3-4-12-8/h3-4,7,10H,5H2,1-2H3. The number of thiophene rings is 1. The van der Waals surface area contributed by atoms with Crippen LogP contribution in [-0.4, -0.2) is 20.8 Å². The molecule has 1 atom stereocenters. The number of likely N-dealkylation sites (N-methyl/N-ethyl adjacent to an activating group) is 1. The van der Waals surface area contributed by atoms with Gasteiger partial charge in [-0.2, -0.15) is 0 Å². The topological polar surface area (TPSA) is 21.3 Å². The summed E-state index contributed by atoms with van der Waals surface area (Å²) >= 11 is 7.61. The van der Waals surface area contributed by atoms with Crippen LogP contribution < -0.4 is 5.32 Å². The first kappa shape index (κ1) is 9.99. The SMILES string of the molecule is CNC(COC)c1sccc1Cl. The van der Waals surface area contributed by atoms with Crippen LogP contribution in [0.1, 0.15) is 10.9 Å². The zero-order valence-corrected chi connectivity index (χ0v) is 8.71. The van der Waals surface area contributed by atoms with Crippen molar-refractivity contribution in [3.05, 3.63) is 21.3 Å². The molecule has 12 heavy (non-hydrogen) atoms. The lowest BCUT2D eigenvalue weighted by atomic mass is 10.2. The molecule has 0 amide bonds. The van der Waals surface area contributed by atoms with Gasteiger partial charge in [0.15, 0.2) is 0 Å². The maximum atomic E-state index is 5.96. The molecule has 68 valence electrons. The summed E-state index contributed by atoms with van der Waals surface area (Å²) in [4.78, 5) is 1.14. The van der Waals surface area contributed by atoms with Gasteiger partial charge in [-0.15, -0.1) is 11.3 Å². The average Bonchev–Trinajstić information content (AvgIpc) is 2.47. The molecule has 0 aliphatic carbocycles. The molecule has 0 saturated carbocycles. The van der Waals surface area contributed by atoms with Gasteiger partial charge in [-0.05, 0) is 18.5 Å². The Kier molecular flexibility index (Phi) is 4.01. The van der Waals surface area contributed by atoms with Crippen molar-refractivity contribution >= 4 is 22.9 Å². The largest absolute Gasteiger partial charge is 0.383 e. The van der Waals surface area contributed by atoms with Crippen molar-refractivity contribution in [1.82, 2.24) is 5.32 Å². The lowest BCUT2D eigenvalue weighted by Gasteiger charge is -2.13. The minimum Gasteiger partial charge on any atom is -0.383 e. The molecule has 0 fully saturated rings. The van der Waals surface area contributed by atoms with Crippen LogP contribution in [0.25, 0.3) is 0 Å². The number of rotatable bonds is 4. The molecule has 0 aliphatic heterocycles. The molecular formula is C8H12ClNOS. The van der Waals surface area contributed by atoms with Crippen molar-refractivity contribution in [2.45, 2.75) is 6.04 Å². The Morgan fingerprint density at radius 1 is 1.75 bits per heavy atom. The second kappa shape index (κ2) is 4.82. The molecule has 0 spiro atoms. The highest BCUT2D eigenvalue weighted by Gasteiger charge is 2.13. The number of hydrogen-bond acceptors (Lipinski definition) is 3. The summed E-state index contributed by atoms with van der Waals surface area (Å²) in [5, 5.41) is 5.95. The van der Waals surface area contributed by atoms with Crippen LogP contribution in [0.3, 0.4) is 0 Å². The fourth-order valence-electron chi connectivity index (χ4n) is 1.01. The van der Waals surface area contributed by atoms with Gasteiger partial charge in [0.1, 0.15) is 0 Å². The molecule has 0 aliphatic rings. The highest BCUT2D eigenvalue weighted by molar-refractivity contribution is 7.10. The van der Waals surface area contributed by atoms with Gasteiger partial charge in [0.25, 0.3) is 0 Å². The molecule has 2 nitrogen and oxygen atoms in total. The second-order valence-electron chi connectivity index (χ2n) is 2.43. The first-order chi connectivity index (χ1) is 5.79. The highest BCUT2D eigenvalue weighted by Crippen LogP contribution is 2.28. The quantitative estimate of drug-likeness (QED) is 0.815. The van der Waals surface area contributed by atoms with Crippen molar-refractivity contribution in [2.75, 3.05) is 20.8 Å². The summed E-state index contributed by atoms with van der Waals surface area (Å²) in [6.07, 6.45) is 0. The van der Waals surface area contributed by atoms with E-state index < -0.39 is 0 Å². The van der Waals surface area contributed by atoms with Crippen LogP contribution in [0.5, 0.6) is 0 Å². The summed E-state index contributed by atoms with van der Waals surface area (Å²) < 4.78 is 5.06. The van der Waals surface area contributed by atoms with Crippen LogP contribution in [0.15, 0.2) is 11.4 Å². The third-order valence-electron chi connectivity index (χ3n) is 1.64. The maximum absolute atomic E-state index is 5.96. The molecule has 1 unspecified atom stereocenters. The van der Waals surface area contributed by atoms with Gasteiger partial charge in [0.05, 0.1) is 17.7 Å². The Morgan fingerprint density at radius 3 is 2.92 bits per heavy atom. The molecule has 0 saturated heterocycles. The van der Waals surface area contributed by atoms with Crippen molar-refractivity contribution in [1.29, 1.82) is 0 Å².